The Kier molecular flexibility index (Phi) is 10.5. The smallest absolute Gasteiger partial charge is 0.272 e. The minimum absolute atomic E-state index is 0. The molecule has 0 radical (unpaired) electrons. The number of ether oxygens (including phenoxy) is 1. The van der Waals surface area contributed by atoms with Crippen LogP contribution in [0, 0.1) is 10.1 Å². The highest BCUT2D eigenvalue weighted by Gasteiger charge is 2.15. The quantitative estimate of drug-likeness (QED) is 0.262. The molecule has 0 aromatic heterocycles. The molecule has 0 bridgehead atoms. The zero-order chi connectivity index (χ0) is 18.9. The zero-order valence-corrected chi connectivity index (χ0v) is 17.4. The Morgan fingerprint density at radius 1 is 1.07 bits per heavy atom. The average Bonchev–Trinajstić information content (AvgIpc) is 2.60. The third-order valence-corrected chi connectivity index (χ3v) is 4.48. The summed E-state index contributed by atoms with van der Waals surface area (Å²) < 4.78 is 5.60. The Labute approximate surface area is 175 Å². The Hall–Kier alpha value is -1.53. The van der Waals surface area contributed by atoms with Crippen molar-refractivity contribution in [1.82, 2.24) is 4.90 Å². The van der Waals surface area contributed by atoms with Crippen LogP contribution in [0.25, 0.3) is 0 Å². The molecule has 0 atom stereocenters. The second kappa shape index (κ2) is 12.0. The minimum Gasteiger partial charge on any atom is -0.490 e. The third kappa shape index (κ3) is 7.93. The van der Waals surface area contributed by atoms with Gasteiger partial charge >= 0.3 is 0 Å². The van der Waals surface area contributed by atoms with Crippen LogP contribution >= 0.6 is 35.6 Å². The summed E-state index contributed by atoms with van der Waals surface area (Å²) in [5.74, 6) is 0.306. The van der Waals surface area contributed by atoms with Crippen LogP contribution in [-0.2, 0) is 6.54 Å². The lowest BCUT2D eigenvalue weighted by Gasteiger charge is -2.16. The van der Waals surface area contributed by atoms with Gasteiger partial charge in [-0.05, 0) is 38.4 Å². The molecule has 0 fully saturated rings. The lowest BCUT2D eigenvalue weighted by Crippen LogP contribution is -2.19. The predicted molar refractivity (Wildman–Crippen MR) is 112 cm³/mol. The monoisotopic (exact) mass is 432 g/mol. The van der Waals surface area contributed by atoms with Gasteiger partial charge in [-0.3, -0.25) is 10.1 Å². The van der Waals surface area contributed by atoms with Crippen LogP contribution in [0.15, 0.2) is 42.5 Å². The van der Waals surface area contributed by atoms with Crippen molar-refractivity contribution in [3.05, 3.63) is 68.2 Å². The highest BCUT2D eigenvalue weighted by molar-refractivity contribution is 6.37. The largest absolute Gasteiger partial charge is 0.490 e. The van der Waals surface area contributed by atoms with E-state index in [1.165, 1.54) is 17.7 Å². The van der Waals surface area contributed by atoms with Gasteiger partial charge in [0.2, 0.25) is 0 Å². The molecule has 2 rings (SSSR count). The molecule has 0 aliphatic carbocycles. The van der Waals surface area contributed by atoms with E-state index in [1.807, 2.05) is 6.07 Å². The fraction of sp³-hybridized carbons (Fsp3) is 0.368. The number of non-ortho nitro benzene ring substituents is 1. The van der Waals surface area contributed by atoms with E-state index in [4.69, 9.17) is 27.9 Å². The van der Waals surface area contributed by atoms with Crippen molar-refractivity contribution in [3.63, 3.8) is 0 Å². The third-order valence-electron chi connectivity index (χ3n) is 3.92. The first kappa shape index (κ1) is 23.5. The number of nitrogens with zero attached hydrogens (tertiary/aromatic N) is 2. The Morgan fingerprint density at radius 2 is 1.70 bits per heavy atom. The molecule has 0 heterocycles. The van der Waals surface area contributed by atoms with E-state index in [1.54, 1.807) is 0 Å². The molecule has 0 N–H and O–H groups in total. The molecule has 8 heteroatoms. The van der Waals surface area contributed by atoms with Crippen molar-refractivity contribution in [2.45, 2.75) is 25.8 Å². The van der Waals surface area contributed by atoms with Crippen LogP contribution in [0.5, 0.6) is 5.75 Å². The number of hydrogen-bond donors (Lipinski definition) is 0. The molecule has 0 aliphatic rings. The maximum Gasteiger partial charge on any atom is 0.272 e. The summed E-state index contributed by atoms with van der Waals surface area (Å²) in [7, 11) is 2.11. The summed E-state index contributed by atoms with van der Waals surface area (Å²) in [6, 6.07) is 12.9. The number of nitro benzene ring substituents is 1. The molecular weight excluding hydrogens is 411 g/mol. The second-order valence-corrected chi connectivity index (χ2v) is 6.94. The van der Waals surface area contributed by atoms with Crippen molar-refractivity contribution >= 4 is 41.3 Å². The lowest BCUT2D eigenvalue weighted by molar-refractivity contribution is -0.384. The van der Waals surface area contributed by atoms with Crippen molar-refractivity contribution < 1.29 is 9.66 Å². The highest BCUT2D eigenvalue weighted by atomic mass is 35.5. The fourth-order valence-corrected chi connectivity index (χ4v) is 3.18. The van der Waals surface area contributed by atoms with Crippen LogP contribution in [0.2, 0.25) is 10.0 Å². The number of rotatable bonds is 10. The van der Waals surface area contributed by atoms with Gasteiger partial charge in [-0.2, -0.15) is 0 Å². The van der Waals surface area contributed by atoms with Gasteiger partial charge in [-0.25, -0.2) is 0 Å². The number of hydrogen-bond acceptors (Lipinski definition) is 4. The Bertz CT molecular complexity index is 706. The van der Waals surface area contributed by atoms with Crippen molar-refractivity contribution in [3.8, 4) is 5.75 Å². The van der Waals surface area contributed by atoms with E-state index in [0.29, 0.717) is 12.4 Å². The van der Waals surface area contributed by atoms with Crippen LogP contribution < -0.4 is 4.74 Å². The molecule has 0 aliphatic heterocycles. The lowest BCUT2D eigenvalue weighted by atomic mass is 10.2. The van der Waals surface area contributed by atoms with Gasteiger partial charge in [0, 0.05) is 18.7 Å². The van der Waals surface area contributed by atoms with E-state index in [-0.39, 0.29) is 28.1 Å². The van der Waals surface area contributed by atoms with Gasteiger partial charge in [-0.1, -0.05) is 53.5 Å². The number of benzene rings is 2. The second-order valence-electron chi connectivity index (χ2n) is 6.13. The molecule has 2 aromatic carbocycles. The van der Waals surface area contributed by atoms with Crippen molar-refractivity contribution in [2.75, 3.05) is 20.2 Å². The fourth-order valence-electron chi connectivity index (χ4n) is 2.60. The van der Waals surface area contributed by atoms with Gasteiger partial charge in [0.1, 0.15) is 0 Å². The Morgan fingerprint density at radius 3 is 2.30 bits per heavy atom. The van der Waals surface area contributed by atoms with Gasteiger partial charge in [-0.15, -0.1) is 12.4 Å². The topological polar surface area (TPSA) is 55.6 Å². The first-order chi connectivity index (χ1) is 12.5. The molecular formula is C19H23Cl3N2O3. The van der Waals surface area contributed by atoms with Crippen LogP contribution in [0.1, 0.15) is 24.8 Å². The summed E-state index contributed by atoms with van der Waals surface area (Å²) in [5.41, 5.74) is 1.16. The molecule has 2 aromatic rings. The summed E-state index contributed by atoms with van der Waals surface area (Å²) in [6.07, 6.45) is 2.94. The van der Waals surface area contributed by atoms with E-state index in [9.17, 15) is 10.1 Å². The minimum atomic E-state index is -0.534. The SMILES string of the molecule is CN(CCCCCOc1c(Cl)cc([N+](=O)[O-])cc1Cl)Cc1ccccc1.Cl. The number of nitro groups is 1. The van der Waals surface area contributed by atoms with Crippen molar-refractivity contribution in [2.24, 2.45) is 0 Å². The normalized spacial score (nSPS) is 10.5. The van der Waals surface area contributed by atoms with Crippen LogP contribution in [0.3, 0.4) is 0 Å². The van der Waals surface area contributed by atoms with E-state index >= 15 is 0 Å². The molecule has 0 saturated carbocycles. The first-order valence-electron chi connectivity index (χ1n) is 8.46. The van der Waals surface area contributed by atoms with Gasteiger partial charge in [0.05, 0.1) is 21.6 Å². The average molecular weight is 434 g/mol. The first-order valence-corrected chi connectivity index (χ1v) is 9.21. The highest BCUT2D eigenvalue weighted by Crippen LogP contribution is 2.36. The summed E-state index contributed by atoms with van der Waals surface area (Å²) in [6.45, 7) is 2.42. The maximum absolute atomic E-state index is 10.8. The standard InChI is InChI=1S/C19H22Cl2N2O3.ClH/c1-22(14-15-8-4-2-5-9-15)10-6-3-7-11-26-19-17(20)12-16(23(24)25)13-18(19)21;/h2,4-5,8-9,12-13H,3,6-7,10-11,14H2,1H3;1H. The Balaban J connectivity index is 0.00000364. The molecule has 27 heavy (non-hydrogen) atoms. The molecule has 0 amide bonds. The molecule has 0 unspecified atom stereocenters. The zero-order valence-electron chi connectivity index (χ0n) is 15.1. The van der Waals surface area contributed by atoms with Crippen LogP contribution in [-0.4, -0.2) is 30.0 Å². The van der Waals surface area contributed by atoms with E-state index in [2.05, 4.69) is 36.2 Å². The van der Waals surface area contributed by atoms with Gasteiger partial charge in [0.15, 0.2) is 5.75 Å². The van der Waals surface area contributed by atoms with E-state index in [0.717, 1.165) is 32.4 Å². The molecule has 0 spiro atoms. The summed E-state index contributed by atoms with van der Waals surface area (Å²) in [5, 5.41) is 11.1. The predicted octanol–water partition coefficient (Wildman–Crippen LogP) is 6.00. The van der Waals surface area contributed by atoms with E-state index < -0.39 is 4.92 Å². The summed E-state index contributed by atoms with van der Waals surface area (Å²) in [4.78, 5) is 12.5. The molecule has 148 valence electrons. The number of unbranched alkanes of at least 4 members (excludes halogenated alkanes) is 2. The van der Waals surface area contributed by atoms with Crippen LogP contribution in [0.4, 0.5) is 5.69 Å². The molecule has 5 nitrogen and oxygen atoms in total. The number of halogens is 3. The maximum atomic E-state index is 10.8. The van der Waals surface area contributed by atoms with Gasteiger partial charge in [0.25, 0.3) is 5.69 Å². The van der Waals surface area contributed by atoms with Gasteiger partial charge < -0.3 is 9.64 Å². The molecule has 0 saturated heterocycles. The summed E-state index contributed by atoms with van der Waals surface area (Å²) >= 11 is 12.0. The van der Waals surface area contributed by atoms with Crippen molar-refractivity contribution in [1.29, 1.82) is 0 Å².